The van der Waals surface area contributed by atoms with E-state index in [0.717, 1.165) is 11.0 Å². The van der Waals surface area contributed by atoms with Crippen molar-refractivity contribution in [3.05, 3.63) is 65.5 Å². The predicted molar refractivity (Wildman–Crippen MR) is 99.1 cm³/mol. The normalized spacial score (nSPS) is 18.5. The largest absolute Gasteiger partial charge is 0.495 e. The molecule has 0 radical (unpaired) electrons. The van der Waals surface area contributed by atoms with Crippen molar-refractivity contribution < 1.29 is 13.7 Å². The average molecular weight is 341 g/mol. The highest BCUT2D eigenvalue weighted by molar-refractivity contribution is 6.62. The minimum atomic E-state index is -0.561. The lowest BCUT2D eigenvalue weighted by Crippen LogP contribution is -2.41. The van der Waals surface area contributed by atoms with E-state index in [0.29, 0.717) is 18.7 Å². The van der Waals surface area contributed by atoms with Crippen molar-refractivity contribution >= 4 is 12.6 Å². The van der Waals surface area contributed by atoms with Gasteiger partial charge in [0.25, 0.3) is 0 Å². The predicted octanol–water partition coefficient (Wildman–Crippen LogP) is 3.41. The van der Waals surface area contributed by atoms with Gasteiger partial charge in [-0.05, 0) is 44.8 Å². The van der Waals surface area contributed by atoms with Crippen LogP contribution in [0, 0.1) is 5.82 Å². The van der Waals surface area contributed by atoms with Gasteiger partial charge in [0.05, 0.1) is 11.2 Å². The smallest absolute Gasteiger partial charge is 0.399 e. The standard InChI is InChI=1S/C20H25BFNO2/c1-19(2)20(3,4)25-21(24-19)17-11-8-12-18(22)16(17)14-23-13-15-9-6-5-7-10-15/h5-12,23H,13-14H2,1-4H3. The Kier molecular flexibility index (Phi) is 5.00. The van der Waals surface area contributed by atoms with E-state index in [1.54, 1.807) is 6.07 Å². The molecule has 1 saturated heterocycles. The first-order valence-electron chi connectivity index (χ1n) is 8.68. The van der Waals surface area contributed by atoms with Crippen molar-refractivity contribution in [3.8, 4) is 0 Å². The Labute approximate surface area is 149 Å². The molecule has 1 N–H and O–H groups in total. The van der Waals surface area contributed by atoms with Gasteiger partial charge < -0.3 is 14.6 Å². The number of halogens is 1. The van der Waals surface area contributed by atoms with Crippen molar-refractivity contribution in [2.75, 3.05) is 0 Å². The van der Waals surface area contributed by atoms with Gasteiger partial charge in [0.15, 0.2) is 0 Å². The summed E-state index contributed by atoms with van der Waals surface area (Å²) in [5, 5.41) is 3.31. The van der Waals surface area contributed by atoms with Gasteiger partial charge in [-0.1, -0.05) is 42.5 Å². The van der Waals surface area contributed by atoms with Crippen molar-refractivity contribution in [3.63, 3.8) is 0 Å². The van der Waals surface area contributed by atoms with E-state index < -0.39 is 18.3 Å². The van der Waals surface area contributed by atoms with Gasteiger partial charge in [-0.2, -0.15) is 0 Å². The van der Waals surface area contributed by atoms with Gasteiger partial charge in [-0.25, -0.2) is 4.39 Å². The first kappa shape index (κ1) is 18.1. The molecule has 3 nitrogen and oxygen atoms in total. The molecule has 5 heteroatoms. The Morgan fingerprint density at radius 3 is 2.16 bits per heavy atom. The zero-order chi connectivity index (χ0) is 18.1. The van der Waals surface area contributed by atoms with E-state index in [1.165, 1.54) is 6.07 Å². The molecule has 2 aromatic rings. The van der Waals surface area contributed by atoms with Gasteiger partial charge >= 0.3 is 7.12 Å². The molecule has 0 spiro atoms. The van der Waals surface area contributed by atoms with Gasteiger partial charge in [0.2, 0.25) is 0 Å². The highest BCUT2D eigenvalue weighted by atomic mass is 19.1. The minimum Gasteiger partial charge on any atom is -0.399 e. The zero-order valence-corrected chi connectivity index (χ0v) is 15.3. The van der Waals surface area contributed by atoms with Crippen LogP contribution in [0.3, 0.4) is 0 Å². The second-order valence-electron chi connectivity index (χ2n) is 7.49. The van der Waals surface area contributed by atoms with Crippen LogP contribution in [0.25, 0.3) is 0 Å². The molecule has 2 aromatic carbocycles. The summed E-state index contributed by atoms with van der Waals surface area (Å²) < 4.78 is 26.7. The van der Waals surface area contributed by atoms with E-state index >= 15 is 0 Å². The average Bonchev–Trinajstić information content (AvgIpc) is 2.78. The molecule has 0 amide bonds. The van der Waals surface area contributed by atoms with Gasteiger partial charge in [-0.3, -0.25) is 0 Å². The summed E-state index contributed by atoms with van der Waals surface area (Å²) in [5.74, 6) is -0.243. The highest BCUT2D eigenvalue weighted by Crippen LogP contribution is 2.36. The zero-order valence-electron chi connectivity index (χ0n) is 15.3. The van der Waals surface area contributed by atoms with Crippen LogP contribution in [0.5, 0.6) is 0 Å². The van der Waals surface area contributed by atoms with Crippen LogP contribution in [0.15, 0.2) is 48.5 Å². The maximum Gasteiger partial charge on any atom is 0.495 e. The fourth-order valence-electron chi connectivity index (χ4n) is 2.88. The number of nitrogens with one attached hydrogen (secondary N) is 1. The van der Waals surface area contributed by atoms with Gasteiger partial charge in [0, 0.05) is 18.7 Å². The molecule has 3 rings (SSSR count). The molecule has 0 saturated carbocycles. The molecule has 0 unspecified atom stereocenters. The SMILES string of the molecule is CC1(C)OB(c2cccc(F)c2CNCc2ccccc2)OC1(C)C. The number of rotatable bonds is 5. The van der Waals surface area contributed by atoms with Crippen molar-refractivity contribution in [1.29, 1.82) is 0 Å². The summed E-state index contributed by atoms with van der Waals surface area (Å²) in [6.07, 6.45) is 0. The third-order valence-corrected chi connectivity index (χ3v) is 5.14. The molecule has 0 atom stereocenters. The third kappa shape index (κ3) is 3.79. The first-order chi connectivity index (χ1) is 11.8. The van der Waals surface area contributed by atoms with Gasteiger partial charge in [-0.15, -0.1) is 0 Å². The summed E-state index contributed by atoms with van der Waals surface area (Å²) in [4.78, 5) is 0. The molecule has 132 valence electrons. The second-order valence-corrected chi connectivity index (χ2v) is 7.49. The maximum atomic E-state index is 14.5. The third-order valence-electron chi connectivity index (χ3n) is 5.14. The summed E-state index contributed by atoms with van der Waals surface area (Å²) in [7, 11) is -0.561. The van der Waals surface area contributed by atoms with E-state index in [9.17, 15) is 4.39 Å². The fourth-order valence-corrected chi connectivity index (χ4v) is 2.88. The molecular formula is C20H25BFNO2. The summed E-state index contributed by atoms with van der Waals surface area (Å²) in [5.41, 5.74) is 1.62. The lowest BCUT2D eigenvalue weighted by molar-refractivity contribution is 0.00578. The maximum absolute atomic E-state index is 14.5. The fraction of sp³-hybridized carbons (Fsp3) is 0.400. The molecule has 25 heavy (non-hydrogen) atoms. The Morgan fingerprint density at radius 1 is 0.880 bits per heavy atom. The van der Waals surface area contributed by atoms with E-state index in [1.807, 2.05) is 64.1 Å². The first-order valence-corrected chi connectivity index (χ1v) is 8.68. The van der Waals surface area contributed by atoms with Crippen molar-refractivity contribution in [2.45, 2.75) is 52.0 Å². The molecule has 1 aliphatic heterocycles. The molecule has 1 heterocycles. The van der Waals surface area contributed by atoms with Crippen molar-refractivity contribution in [1.82, 2.24) is 5.32 Å². The van der Waals surface area contributed by atoms with Crippen LogP contribution in [-0.4, -0.2) is 18.3 Å². The van der Waals surface area contributed by atoms with E-state index in [2.05, 4.69) is 5.32 Å². The molecule has 0 bridgehead atoms. The van der Waals surface area contributed by atoms with Gasteiger partial charge in [0.1, 0.15) is 5.82 Å². The number of hydrogen-bond acceptors (Lipinski definition) is 3. The Bertz CT molecular complexity index is 718. The van der Waals surface area contributed by atoms with Crippen LogP contribution < -0.4 is 10.8 Å². The minimum absolute atomic E-state index is 0.243. The Hall–Kier alpha value is -1.69. The summed E-state index contributed by atoms with van der Waals surface area (Å²) >= 11 is 0. The quantitative estimate of drug-likeness (QED) is 0.846. The van der Waals surface area contributed by atoms with Crippen LogP contribution >= 0.6 is 0 Å². The molecule has 0 aliphatic carbocycles. The molecule has 1 fully saturated rings. The topological polar surface area (TPSA) is 30.5 Å². The number of benzene rings is 2. The van der Waals surface area contributed by atoms with Crippen LogP contribution in [0.1, 0.15) is 38.8 Å². The van der Waals surface area contributed by atoms with E-state index in [-0.39, 0.29) is 5.82 Å². The second kappa shape index (κ2) is 6.91. The van der Waals surface area contributed by atoms with Crippen LogP contribution in [0.4, 0.5) is 4.39 Å². The van der Waals surface area contributed by atoms with Crippen molar-refractivity contribution in [2.24, 2.45) is 0 Å². The van der Waals surface area contributed by atoms with Crippen LogP contribution in [-0.2, 0) is 22.4 Å². The lowest BCUT2D eigenvalue weighted by atomic mass is 9.75. The Balaban J connectivity index is 1.77. The summed E-state index contributed by atoms with van der Waals surface area (Å²) in [6, 6.07) is 15.1. The summed E-state index contributed by atoms with van der Waals surface area (Å²) in [6.45, 7) is 9.09. The molecule has 0 aromatic heterocycles. The molecular weight excluding hydrogens is 316 g/mol. The monoisotopic (exact) mass is 341 g/mol. The highest BCUT2D eigenvalue weighted by Gasteiger charge is 2.52. The van der Waals surface area contributed by atoms with E-state index in [4.69, 9.17) is 9.31 Å². The van der Waals surface area contributed by atoms with Crippen LogP contribution in [0.2, 0.25) is 0 Å². The Morgan fingerprint density at radius 2 is 1.52 bits per heavy atom. The lowest BCUT2D eigenvalue weighted by Gasteiger charge is -2.32. The number of hydrogen-bond donors (Lipinski definition) is 1. The molecule has 1 aliphatic rings.